The molecule has 1 unspecified atom stereocenters. The number of ether oxygens (including phenoxy) is 1. The van der Waals surface area contributed by atoms with Gasteiger partial charge < -0.3 is 20.3 Å². The van der Waals surface area contributed by atoms with Crippen LogP contribution in [0.25, 0.3) is 6.08 Å². The second kappa shape index (κ2) is 10.3. The molecule has 11 heteroatoms. The Morgan fingerprint density at radius 3 is 2.71 bits per heavy atom. The van der Waals surface area contributed by atoms with Crippen LogP contribution in [-0.4, -0.2) is 58.7 Å². The Hall–Kier alpha value is -3.76. The molecule has 0 saturated carbocycles. The van der Waals surface area contributed by atoms with Gasteiger partial charge in [0, 0.05) is 32.1 Å². The number of esters is 1. The van der Waals surface area contributed by atoms with Crippen molar-refractivity contribution < 1.29 is 28.8 Å². The summed E-state index contributed by atoms with van der Waals surface area (Å²) in [6, 6.07) is 4.40. The normalized spacial score (nSPS) is 16.5. The molecule has 1 aliphatic rings. The fourth-order valence-corrected chi connectivity index (χ4v) is 3.02. The van der Waals surface area contributed by atoms with Gasteiger partial charge in [0.25, 0.3) is 11.6 Å². The zero-order chi connectivity index (χ0) is 23.1. The Balaban J connectivity index is 2.36. The van der Waals surface area contributed by atoms with E-state index in [2.05, 4.69) is 10.6 Å². The van der Waals surface area contributed by atoms with Gasteiger partial charge in [0.15, 0.2) is 0 Å². The summed E-state index contributed by atoms with van der Waals surface area (Å²) in [5.74, 6) is -2.39. The zero-order valence-corrected chi connectivity index (χ0v) is 17.4. The van der Waals surface area contributed by atoms with Crippen LogP contribution in [0.1, 0.15) is 32.8 Å². The van der Waals surface area contributed by atoms with E-state index < -0.39 is 34.7 Å². The molecular formula is C20H24N4O7. The molecule has 0 bridgehead atoms. The van der Waals surface area contributed by atoms with Crippen LogP contribution in [0.15, 0.2) is 30.0 Å². The largest absolute Gasteiger partial charge is 0.463 e. The van der Waals surface area contributed by atoms with Crippen LogP contribution in [0.4, 0.5) is 5.69 Å². The van der Waals surface area contributed by atoms with Crippen molar-refractivity contribution in [2.45, 2.75) is 39.3 Å². The maximum Gasteiger partial charge on any atom is 0.308 e. The first-order valence-electron chi connectivity index (χ1n) is 9.60. The second-order valence-electron chi connectivity index (χ2n) is 7.14. The minimum Gasteiger partial charge on any atom is -0.463 e. The molecule has 0 aliphatic carbocycles. The highest BCUT2D eigenvalue weighted by Gasteiger charge is 2.36. The van der Waals surface area contributed by atoms with Crippen molar-refractivity contribution in [1.29, 1.82) is 0 Å². The van der Waals surface area contributed by atoms with Gasteiger partial charge in [0.2, 0.25) is 11.8 Å². The first-order valence-corrected chi connectivity index (χ1v) is 9.60. The molecule has 1 aromatic rings. The van der Waals surface area contributed by atoms with Crippen molar-refractivity contribution in [3.8, 4) is 0 Å². The lowest BCUT2D eigenvalue weighted by atomic mass is 10.1. The molecule has 1 aromatic carbocycles. The number of nitrogens with zero attached hydrogens (tertiary/aromatic N) is 2. The van der Waals surface area contributed by atoms with Crippen molar-refractivity contribution >= 4 is 35.5 Å². The van der Waals surface area contributed by atoms with Gasteiger partial charge in [0.05, 0.1) is 17.4 Å². The number of benzene rings is 1. The highest BCUT2D eigenvalue weighted by Crippen LogP contribution is 2.18. The molecular weight excluding hydrogens is 408 g/mol. The molecule has 1 atom stereocenters. The van der Waals surface area contributed by atoms with Crippen molar-refractivity contribution in [2.24, 2.45) is 0 Å². The van der Waals surface area contributed by atoms with E-state index in [1.165, 1.54) is 42.2 Å². The number of carbonyl (C=O) groups excluding carboxylic acids is 4. The molecule has 0 spiro atoms. The van der Waals surface area contributed by atoms with E-state index in [1.54, 1.807) is 13.8 Å². The Bertz CT molecular complexity index is 926. The van der Waals surface area contributed by atoms with E-state index in [0.29, 0.717) is 5.56 Å². The number of nitrogens with one attached hydrogen (secondary N) is 2. The van der Waals surface area contributed by atoms with E-state index in [0.717, 1.165) is 0 Å². The quantitative estimate of drug-likeness (QED) is 0.279. The second-order valence-corrected chi connectivity index (χ2v) is 7.14. The number of nitro benzene ring substituents is 1. The highest BCUT2D eigenvalue weighted by molar-refractivity contribution is 6.03. The van der Waals surface area contributed by atoms with Crippen LogP contribution in [-0.2, 0) is 23.9 Å². The maximum absolute atomic E-state index is 13.2. The van der Waals surface area contributed by atoms with Crippen LogP contribution >= 0.6 is 0 Å². The van der Waals surface area contributed by atoms with Gasteiger partial charge in [-0.05, 0) is 25.5 Å². The van der Waals surface area contributed by atoms with E-state index in [4.69, 9.17) is 4.74 Å². The molecule has 31 heavy (non-hydrogen) atoms. The van der Waals surface area contributed by atoms with Gasteiger partial charge in [-0.15, -0.1) is 0 Å². The van der Waals surface area contributed by atoms with E-state index in [1.807, 2.05) is 0 Å². The SMILES string of the molecule is CC(=O)N/C(=C\c1cccc([N+](=O)[O-])c1)C(=O)N1CCNC(=O)C1CC(=O)OC(C)C. The van der Waals surface area contributed by atoms with Crippen molar-refractivity contribution in [2.75, 3.05) is 13.1 Å². The molecule has 166 valence electrons. The van der Waals surface area contributed by atoms with Crippen molar-refractivity contribution in [3.63, 3.8) is 0 Å². The monoisotopic (exact) mass is 432 g/mol. The first kappa shape index (κ1) is 23.5. The average molecular weight is 432 g/mol. The number of rotatable bonds is 7. The summed E-state index contributed by atoms with van der Waals surface area (Å²) in [7, 11) is 0. The fraction of sp³-hybridized carbons (Fsp3) is 0.400. The third kappa shape index (κ3) is 6.63. The molecule has 0 radical (unpaired) electrons. The van der Waals surface area contributed by atoms with E-state index >= 15 is 0 Å². The highest BCUT2D eigenvalue weighted by atomic mass is 16.6. The maximum atomic E-state index is 13.2. The van der Waals surface area contributed by atoms with Gasteiger partial charge in [-0.25, -0.2) is 0 Å². The summed E-state index contributed by atoms with van der Waals surface area (Å²) in [6.45, 7) is 4.81. The van der Waals surface area contributed by atoms with Gasteiger partial charge in [0.1, 0.15) is 11.7 Å². The van der Waals surface area contributed by atoms with Crippen LogP contribution in [0, 0.1) is 10.1 Å². The molecule has 1 aliphatic heterocycles. The van der Waals surface area contributed by atoms with Gasteiger partial charge in [-0.2, -0.15) is 0 Å². The Kier molecular flexibility index (Phi) is 7.83. The lowest BCUT2D eigenvalue weighted by Crippen LogP contribution is -2.59. The molecule has 0 aromatic heterocycles. The van der Waals surface area contributed by atoms with Crippen LogP contribution in [0.2, 0.25) is 0 Å². The fourth-order valence-electron chi connectivity index (χ4n) is 3.02. The number of nitro groups is 1. The number of amides is 3. The average Bonchev–Trinajstić information content (AvgIpc) is 2.67. The summed E-state index contributed by atoms with van der Waals surface area (Å²) < 4.78 is 5.08. The van der Waals surface area contributed by atoms with Crippen LogP contribution < -0.4 is 10.6 Å². The first-order chi connectivity index (χ1) is 14.6. The minimum absolute atomic E-state index is 0.107. The molecule has 1 fully saturated rings. The molecule has 11 nitrogen and oxygen atoms in total. The lowest BCUT2D eigenvalue weighted by molar-refractivity contribution is -0.384. The zero-order valence-electron chi connectivity index (χ0n) is 17.4. The number of piperazine rings is 1. The number of hydrogen-bond donors (Lipinski definition) is 2. The third-order valence-corrected chi connectivity index (χ3v) is 4.25. The van der Waals surface area contributed by atoms with Gasteiger partial charge in [-0.1, -0.05) is 12.1 Å². The summed E-state index contributed by atoms with van der Waals surface area (Å²) in [6.07, 6.45) is 0.555. The van der Waals surface area contributed by atoms with Crippen LogP contribution in [0.5, 0.6) is 0 Å². The predicted octanol–water partition coefficient (Wildman–Crippen LogP) is 0.741. The summed E-state index contributed by atoms with van der Waals surface area (Å²) in [5.41, 5.74) is -0.0523. The van der Waals surface area contributed by atoms with Crippen molar-refractivity contribution in [3.05, 3.63) is 45.6 Å². The third-order valence-electron chi connectivity index (χ3n) is 4.25. The predicted molar refractivity (Wildman–Crippen MR) is 109 cm³/mol. The standard InChI is InChI=1S/C20H24N4O7/c1-12(2)31-18(26)11-17-19(27)21-7-8-23(17)20(28)16(22-13(3)25)10-14-5-4-6-15(9-14)24(29)30/h4-6,9-10,12,17H,7-8,11H2,1-3H3,(H,21,27)(H,22,25)/b16-10-. The van der Waals surface area contributed by atoms with Gasteiger partial charge >= 0.3 is 5.97 Å². The Morgan fingerprint density at radius 2 is 2.10 bits per heavy atom. The smallest absolute Gasteiger partial charge is 0.308 e. The molecule has 1 heterocycles. The summed E-state index contributed by atoms with van der Waals surface area (Å²) in [4.78, 5) is 60.9. The van der Waals surface area contributed by atoms with Crippen LogP contribution in [0.3, 0.4) is 0 Å². The van der Waals surface area contributed by atoms with Crippen molar-refractivity contribution in [1.82, 2.24) is 15.5 Å². The minimum atomic E-state index is -1.12. The number of carbonyl (C=O) groups is 4. The summed E-state index contributed by atoms with van der Waals surface area (Å²) in [5, 5.41) is 16.0. The van der Waals surface area contributed by atoms with Gasteiger partial charge in [-0.3, -0.25) is 29.3 Å². The molecule has 2 N–H and O–H groups in total. The van der Waals surface area contributed by atoms with E-state index in [-0.39, 0.29) is 37.0 Å². The van der Waals surface area contributed by atoms with E-state index in [9.17, 15) is 29.3 Å². The molecule has 3 amide bonds. The molecule has 1 saturated heterocycles. The topological polar surface area (TPSA) is 148 Å². The Labute approximate surface area is 178 Å². The summed E-state index contributed by atoms with van der Waals surface area (Å²) >= 11 is 0. The molecule has 2 rings (SSSR count). The number of non-ortho nitro benzene ring substituents is 1. The number of hydrogen-bond acceptors (Lipinski definition) is 7. The lowest BCUT2D eigenvalue weighted by Gasteiger charge is -2.35. The Morgan fingerprint density at radius 1 is 1.39 bits per heavy atom.